The second-order valence-corrected chi connectivity index (χ2v) is 10.3. The molecular weight excluding hydrogens is 572 g/mol. The van der Waals surface area contributed by atoms with Gasteiger partial charge < -0.3 is 4.74 Å². The maximum Gasteiger partial charge on any atom is 0.275 e. The number of ether oxygens (including phenoxy) is 1. The van der Waals surface area contributed by atoms with Gasteiger partial charge in [0.1, 0.15) is 5.75 Å². The van der Waals surface area contributed by atoms with E-state index in [-0.39, 0.29) is 11.5 Å². The van der Waals surface area contributed by atoms with Gasteiger partial charge in [0.2, 0.25) is 5.88 Å². The molecule has 0 radical (unpaired) electrons. The summed E-state index contributed by atoms with van der Waals surface area (Å²) in [6.45, 7) is 3.90. The lowest BCUT2D eigenvalue weighted by Gasteiger charge is -2.27. The molecule has 1 unspecified atom stereocenters. The van der Waals surface area contributed by atoms with Crippen molar-refractivity contribution >= 4 is 31.9 Å². The average molecular weight is 592 g/mol. The zero-order chi connectivity index (χ0) is 24.3. The molecule has 1 N–H and O–H groups in total. The summed E-state index contributed by atoms with van der Waals surface area (Å²) in [4.78, 5) is 13.9. The first kappa shape index (κ1) is 22.1. The molecule has 5 aromatic rings. The number of hydrogen-bond acceptors (Lipinski definition) is 3. The third kappa shape index (κ3) is 3.51. The molecule has 174 valence electrons. The van der Waals surface area contributed by atoms with Crippen LogP contribution in [0.3, 0.4) is 0 Å². The van der Waals surface area contributed by atoms with Crippen molar-refractivity contribution in [2.75, 3.05) is 0 Å². The van der Waals surface area contributed by atoms with Gasteiger partial charge in [-0.15, -0.1) is 0 Å². The van der Waals surface area contributed by atoms with Gasteiger partial charge in [-0.2, -0.15) is 5.10 Å². The van der Waals surface area contributed by atoms with Crippen LogP contribution in [0, 0.1) is 13.8 Å². The van der Waals surface area contributed by atoms with E-state index in [4.69, 9.17) is 9.84 Å². The number of para-hydroxylation sites is 2. The molecule has 3 heterocycles. The van der Waals surface area contributed by atoms with Crippen LogP contribution in [0.15, 0.2) is 86.5 Å². The Hall–Kier alpha value is -3.36. The highest BCUT2D eigenvalue weighted by Crippen LogP contribution is 2.52. The average Bonchev–Trinajstić information content (AvgIpc) is 3.35. The van der Waals surface area contributed by atoms with Gasteiger partial charge in [0.05, 0.1) is 38.6 Å². The monoisotopic (exact) mass is 590 g/mol. The Labute approximate surface area is 218 Å². The molecule has 0 saturated carbocycles. The molecule has 1 atom stereocenters. The summed E-state index contributed by atoms with van der Waals surface area (Å²) in [5, 5.41) is 8.13. The van der Waals surface area contributed by atoms with E-state index in [1.54, 1.807) is 4.68 Å². The van der Waals surface area contributed by atoms with Crippen molar-refractivity contribution in [1.29, 1.82) is 0 Å². The first-order valence-corrected chi connectivity index (χ1v) is 12.7. The number of nitrogens with one attached hydrogen (secondary N) is 1. The highest BCUT2D eigenvalue weighted by atomic mass is 79.9. The van der Waals surface area contributed by atoms with E-state index in [1.165, 1.54) is 0 Å². The summed E-state index contributed by atoms with van der Waals surface area (Å²) < 4.78 is 11.6. The molecule has 2 aromatic heterocycles. The van der Waals surface area contributed by atoms with Crippen molar-refractivity contribution in [1.82, 2.24) is 19.6 Å². The van der Waals surface area contributed by atoms with Crippen LogP contribution < -0.4 is 10.3 Å². The zero-order valence-electron chi connectivity index (χ0n) is 18.9. The van der Waals surface area contributed by atoms with Gasteiger partial charge in [0.25, 0.3) is 5.56 Å². The number of nitrogens with zero attached hydrogens (tertiary/aromatic N) is 3. The second kappa shape index (κ2) is 8.39. The van der Waals surface area contributed by atoms with Crippen LogP contribution in [0.25, 0.3) is 11.4 Å². The molecular formula is C27H20Br2N4O2. The minimum atomic E-state index is -0.367. The first-order valence-electron chi connectivity index (χ1n) is 11.1. The van der Waals surface area contributed by atoms with Crippen molar-refractivity contribution in [2.24, 2.45) is 0 Å². The molecule has 0 bridgehead atoms. The summed E-state index contributed by atoms with van der Waals surface area (Å²) in [7, 11) is 0. The zero-order valence-corrected chi connectivity index (χ0v) is 22.1. The van der Waals surface area contributed by atoms with E-state index in [2.05, 4.69) is 37.0 Å². The number of H-pyrrole nitrogens is 1. The molecule has 1 aliphatic rings. The fourth-order valence-corrected chi connectivity index (χ4v) is 6.14. The maximum absolute atomic E-state index is 13.9. The van der Waals surface area contributed by atoms with Gasteiger partial charge >= 0.3 is 0 Å². The lowest BCUT2D eigenvalue weighted by molar-refractivity contribution is 0.417. The summed E-state index contributed by atoms with van der Waals surface area (Å²) in [6.07, 6.45) is 0. The predicted molar refractivity (Wildman–Crippen MR) is 142 cm³/mol. The lowest BCUT2D eigenvalue weighted by Crippen LogP contribution is -2.23. The van der Waals surface area contributed by atoms with E-state index in [1.807, 2.05) is 91.3 Å². The Bertz CT molecular complexity index is 1640. The predicted octanol–water partition coefficient (Wildman–Crippen LogP) is 6.78. The van der Waals surface area contributed by atoms with Crippen molar-refractivity contribution in [2.45, 2.75) is 19.8 Å². The Morgan fingerprint density at radius 1 is 0.914 bits per heavy atom. The van der Waals surface area contributed by atoms with E-state index < -0.39 is 0 Å². The maximum atomic E-state index is 13.9. The lowest BCUT2D eigenvalue weighted by atomic mass is 9.83. The van der Waals surface area contributed by atoms with Gasteiger partial charge in [0, 0.05) is 15.7 Å². The van der Waals surface area contributed by atoms with Crippen LogP contribution in [0.5, 0.6) is 11.6 Å². The van der Waals surface area contributed by atoms with Gasteiger partial charge in [-0.05, 0) is 66.2 Å². The molecule has 35 heavy (non-hydrogen) atoms. The van der Waals surface area contributed by atoms with E-state index >= 15 is 0 Å². The summed E-state index contributed by atoms with van der Waals surface area (Å²) in [5.41, 5.74) is 5.62. The number of hydrogen-bond donors (Lipinski definition) is 1. The third-order valence-corrected chi connectivity index (χ3v) is 7.37. The number of aryl methyl sites for hydroxylation is 2. The fraction of sp³-hybridized carbons (Fsp3) is 0.111. The van der Waals surface area contributed by atoms with Gasteiger partial charge in [-0.1, -0.05) is 52.3 Å². The normalized spacial score (nSPS) is 14.3. The summed E-state index contributed by atoms with van der Waals surface area (Å²) in [5.74, 6) is 0.920. The second-order valence-electron chi connectivity index (χ2n) is 8.52. The number of aromatic amines is 1. The van der Waals surface area contributed by atoms with E-state index in [0.29, 0.717) is 17.2 Å². The van der Waals surface area contributed by atoms with Crippen LogP contribution in [0.1, 0.15) is 34.0 Å². The first-order chi connectivity index (χ1) is 16.9. The number of aromatic nitrogens is 4. The molecule has 8 heteroatoms. The summed E-state index contributed by atoms with van der Waals surface area (Å²) in [6, 6.07) is 23.4. The van der Waals surface area contributed by atoms with Crippen molar-refractivity contribution in [3.8, 4) is 23.0 Å². The highest BCUT2D eigenvalue weighted by molar-refractivity contribution is 9.11. The molecule has 0 saturated heterocycles. The topological polar surface area (TPSA) is 64.8 Å². The van der Waals surface area contributed by atoms with E-state index in [0.717, 1.165) is 42.8 Å². The van der Waals surface area contributed by atoms with Gasteiger partial charge in [-0.3, -0.25) is 9.89 Å². The fourth-order valence-electron chi connectivity index (χ4n) is 4.81. The van der Waals surface area contributed by atoms with Crippen molar-refractivity contribution in [3.63, 3.8) is 0 Å². The minimum absolute atomic E-state index is 0.0968. The molecule has 0 fully saturated rings. The van der Waals surface area contributed by atoms with Crippen molar-refractivity contribution in [3.05, 3.63) is 120 Å². The Kier molecular flexibility index (Phi) is 5.30. The minimum Gasteiger partial charge on any atom is -0.437 e. The van der Waals surface area contributed by atoms with Crippen LogP contribution in [0.4, 0.5) is 0 Å². The van der Waals surface area contributed by atoms with Gasteiger partial charge in [-0.25, -0.2) is 9.36 Å². The standard InChI is InChI=1S/C27H20Br2N4O2/c1-15-22(26(34)32(30-15)18-9-5-3-6-10-18)24-20-13-17(28)14-21(29)25(20)35-27-23(24)16(2)31-33(27)19-11-7-4-8-12-19/h3-14,24,30H,1-2H3. The van der Waals surface area contributed by atoms with E-state index in [9.17, 15) is 4.79 Å². The van der Waals surface area contributed by atoms with Gasteiger partial charge in [0.15, 0.2) is 0 Å². The molecule has 0 aliphatic carbocycles. The molecule has 1 aliphatic heterocycles. The SMILES string of the molecule is Cc1nn(-c2ccccc2)c2c1C(c1c(C)[nH]n(-c3ccccc3)c1=O)c1cc(Br)cc(Br)c1O2. The number of halogens is 2. The van der Waals surface area contributed by atoms with Crippen molar-refractivity contribution < 1.29 is 4.74 Å². The smallest absolute Gasteiger partial charge is 0.275 e. The molecule has 0 amide bonds. The Morgan fingerprint density at radius 2 is 1.57 bits per heavy atom. The van der Waals surface area contributed by atoms with Crippen LogP contribution in [-0.4, -0.2) is 19.6 Å². The van der Waals surface area contributed by atoms with Crippen LogP contribution in [-0.2, 0) is 0 Å². The molecule has 0 spiro atoms. The quantitative estimate of drug-likeness (QED) is 0.247. The van der Waals surface area contributed by atoms with Crippen LogP contribution >= 0.6 is 31.9 Å². The molecule has 6 rings (SSSR count). The largest absolute Gasteiger partial charge is 0.437 e. The number of benzene rings is 3. The molecule has 3 aromatic carbocycles. The Morgan fingerprint density at radius 3 is 2.26 bits per heavy atom. The summed E-state index contributed by atoms with van der Waals surface area (Å²) >= 11 is 7.30. The Balaban J connectivity index is 1.65. The number of rotatable bonds is 3. The molecule has 6 nitrogen and oxygen atoms in total. The van der Waals surface area contributed by atoms with Crippen LogP contribution in [0.2, 0.25) is 0 Å². The third-order valence-electron chi connectivity index (χ3n) is 6.32. The number of fused-ring (bicyclic) bond motifs is 2. The highest BCUT2D eigenvalue weighted by Gasteiger charge is 2.39.